The molecule has 1 fully saturated rings. The molecule has 4 nitrogen and oxygen atoms in total. The van der Waals surface area contributed by atoms with Gasteiger partial charge >= 0.3 is 0 Å². The molecule has 2 heterocycles. The largest absolute Gasteiger partial charge is 0.467 e. The van der Waals surface area contributed by atoms with Gasteiger partial charge < -0.3 is 13.7 Å². The van der Waals surface area contributed by atoms with Crippen molar-refractivity contribution in [3.05, 3.63) is 60.2 Å². The average molecular weight is 281 g/mol. The summed E-state index contributed by atoms with van der Waals surface area (Å²) in [6, 6.07) is 13.5. The van der Waals surface area contributed by atoms with E-state index >= 15 is 0 Å². The van der Waals surface area contributed by atoms with Crippen LogP contribution in [0.2, 0.25) is 0 Å². The molecule has 1 saturated carbocycles. The van der Waals surface area contributed by atoms with Crippen molar-refractivity contribution in [2.75, 3.05) is 0 Å². The maximum Gasteiger partial charge on any atom is 0.290 e. The van der Waals surface area contributed by atoms with Gasteiger partial charge in [0.15, 0.2) is 5.76 Å². The van der Waals surface area contributed by atoms with Crippen LogP contribution in [0.4, 0.5) is 0 Å². The molecule has 0 unspecified atom stereocenters. The Kier molecular flexibility index (Phi) is 2.81. The number of benzene rings is 1. The Bertz CT molecular complexity index is 735. The van der Waals surface area contributed by atoms with Crippen LogP contribution in [0.5, 0.6) is 0 Å². The van der Waals surface area contributed by atoms with Crippen molar-refractivity contribution >= 4 is 16.9 Å². The summed E-state index contributed by atoms with van der Waals surface area (Å²) >= 11 is 0. The second-order valence-electron chi connectivity index (χ2n) is 5.39. The van der Waals surface area contributed by atoms with Crippen LogP contribution in [0.1, 0.15) is 29.2 Å². The molecule has 1 aliphatic carbocycles. The third-order valence-electron chi connectivity index (χ3n) is 3.79. The molecular weight excluding hydrogens is 266 g/mol. The van der Waals surface area contributed by atoms with Gasteiger partial charge in [-0.05, 0) is 37.1 Å². The van der Waals surface area contributed by atoms with E-state index in [1.165, 1.54) is 0 Å². The van der Waals surface area contributed by atoms with Gasteiger partial charge in [0.1, 0.15) is 11.3 Å². The summed E-state index contributed by atoms with van der Waals surface area (Å²) in [7, 11) is 0. The molecule has 3 aromatic rings. The van der Waals surface area contributed by atoms with Gasteiger partial charge in [-0.2, -0.15) is 0 Å². The highest BCUT2D eigenvalue weighted by Gasteiger charge is 2.34. The van der Waals surface area contributed by atoms with Crippen molar-refractivity contribution in [2.24, 2.45) is 0 Å². The summed E-state index contributed by atoms with van der Waals surface area (Å²) in [4.78, 5) is 14.6. The standard InChI is InChI=1S/C17H15NO3/c19-17(16-10-12-4-1-2-6-15(12)21-16)18(13-7-8-13)11-14-5-3-9-20-14/h1-6,9-10,13H,7-8,11H2. The molecule has 0 spiro atoms. The van der Waals surface area contributed by atoms with Crippen LogP contribution in [-0.4, -0.2) is 16.8 Å². The molecule has 4 rings (SSSR count). The van der Waals surface area contributed by atoms with Crippen molar-refractivity contribution < 1.29 is 13.6 Å². The lowest BCUT2D eigenvalue weighted by molar-refractivity contribution is 0.0687. The van der Waals surface area contributed by atoms with Crippen LogP contribution in [0.25, 0.3) is 11.0 Å². The molecule has 0 N–H and O–H groups in total. The summed E-state index contributed by atoms with van der Waals surface area (Å²) in [6.07, 6.45) is 3.73. The van der Waals surface area contributed by atoms with Crippen molar-refractivity contribution in [1.82, 2.24) is 4.90 Å². The van der Waals surface area contributed by atoms with Crippen molar-refractivity contribution in [1.29, 1.82) is 0 Å². The lowest BCUT2D eigenvalue weighted by Crippen LogP contribution is -2.32. The molecule has 1 aromatic carbocycles. The molecule has 2 aromatic heterocycles. The van der Waals surface area contributed by atoms with E-state index in [1.807, 2.05) is 47.4 Å². The van der Waals surface area contributed by atoms with E-state index in [4.69, 9.17) is 8.83 Å². The second kappa shape index (κ2) is 4.81. The van der Waals surface area contributed by atoms with Crippen molar-refractivity contribution in [3.8, 4) is 0 Å². The first kappa shape index (κ1) is 12.3. The molecule has 0 radical (unpaired) electrons. The maximum absolute atomic E-state index is 12.7. The number of carbonyl (C=O) groups excluding carboxylic acids is 1. The van der Waals surface area contributed by atoms with Crippen LogP contribution in [0.15, 0.2) is 57.6 Å². The minimum Gasteiger partial charge on any atom is -0.467 e. The van der Waals surface area contributed by atoms with Crippen LogP contribution in [-0.2, 0) is 6.54 Å². The molecule has 0 bridgehead atoms. The summed E-state index contributed by atoms with van der Waals surface area (Å²) in [5.74, 6) is 1.13. The first-order chi connectivity index (χ1) is 10.3. The highest BCUT2D eigenvalue weighted by molar-refractivity contribution is 5.96. The normalized spacial score (nSPS) is 14.5. The van der Waals surface area contributed by atoms with Gasteiger partial charge in [-0.15, -0.1) is 0 Å². The van der Waals surface area contributed by atoms with Gasteiger partial charge in [0, 0.05) is 11.4 Å². The Morgan fingerprint density at radius 1 is 1.19 bits per heavy atom. The SMILES string of the molecule is O=C(c1cc2ccccc2o1)N(Cc1ccco1)C1CC1. The first-order valence-electron chi connectivity index (χ1n) is 7.13. The highest BCUT2D eigenvalue weighted by Crippen LogP contribution is 2.31. The highest BCUT2D eigenvalue weighted by atomic mass is 16.3. The van der Waals surface area contributed by atoms with E-state index in [0.717, 1.165) is 29.6 Å². The third kappa shape index (κ3) is 2.33. The smallest absolute Gasteiger partial charge is 0.290 e. The summed E-state index contributed by atoms with van der Waals surface area (Å²) in [5, 5.41) is 0.953. The maximum atomic E-state index is 12.7. The number of rotatable bonds is 4. The Hall–Kier alpha value is -2.49. The number of hydrogen-bond donors (Lipinski definition) is 0. The van der Waals surface area contributed by atoms with Gasteiger partial charge in [0.25, 0.3) is 5.91 Å². The first-order valence-corrected chi connectivity index (χ1v) is 7.13. The average Bonchev–Trinajstić information content (AvgIpc) is 3.04. The number of nitrogens with zero attached hydrogens (tertiary/aromatic N) is 1. The minimum absolute atomic E-state index is 0.0647. The zero-order chi connectivity index (χ0) is 14.2. The fourth-order valence-electron chi connectivity index (χ4n) is 2.55. The number of amides is 1. The van der Waals surface area contributed by atoms with Gasteiger partial charge in [0.05, 0.1) is 12.8 Å². The lowest BCUT2D eigenvalue weighted by Gasteiger charge is -2.19. The molecule has 1 aliphatic rings. The predicted octanol–water partition coefficient (Wildman–Crippen LogP) is 3.83. The van der Waals surface area contributed by atoms with Crippen LogP contribution >= 0.6 is 0 Å². The third-order valence-corrected chi connectivity index (χ3v) is 3.79. The van der Waals surface area contributed by atoms with E-state index in [0.29, 0.717) is 18.3 Å². The Morgan fingerprint density at radius 3 is 2.76 bits per heavy atom. The molecule has 0 saturated heterocycles. The van der Waals surface area contributed by atoms with Crippen LogP contribution in [0.3, 0.4) is 0 Å². The summed E-state index contributed by atoms with van der Waals surface area (Å²) in [5.41, 5.74) is 0.745. The summed E-state index contributed by atoms with van der Waals surface area (Å²) < 4.78 is 11.0. The zero-order valence-electron chi connectivity index (χ0n) is 11.5. The second-order valence-corrected chi connectivity index (χ2v) is 5.39. The minimum atomic E-state index is -0.0647. The van der Waals surface area contributed by atoms with Gasteiger partial charge in [0.2, 0.25) is 0 Å². The van der Waals surface area contributed by atoms with Crippen molar-refractivity contribution in [2.45, 2.75) is 25.4 Å². The van der Waals surface area contributed by atoms with E-state index in [9.17, 15) is 4.79 Å². The fraction of sp³-hybridized carbons (Fsp3) is 0.235. The van der Waals surface area contributed by atoms with Crippen molar-refractivity contribution in [3.63, 3.8) is 0 Å². The summed E-state index contributed by atoms with van der Waals surface area (Å²) in [6.45, 7) is 0.494. The Morgan fingerprint density at radius 2 is 2.05 bits per heavy atom. The topological polar surface area (TPSA) is 46.6 Å². The Labute approximate surface area is 121 Å². The van der Waals surface area contributed by atoms with E-state index in [2.05, 4.69) is 0 Å². The van der Waals surface area contributed by atoms with E-state index in [-0.39, 0.29) is 5.91 Å². The molecule has 0 aliphatic heterocycles. The number of furan rings is 2. The van der Waals surface area contributed by atoms with Crippen LogP contribution in [0, 0.1) is 0 Å². The number of carbonyl (C=O) groups is 1. The molecule has 106 valence electrons. The lowest BCUT2D eigenvalue weighted by atomic mass is 10.2. The van der Waals surface area contributed by atoms with Gasteiger partial charge in [-0.3, -0.25) is 4.79 Å². The number of hydrogen-bond acceptors (Lipinski definition) is 3. The zero-order valence-corrected chi connectivity index (χ0v) is 11.5. The molecule has 21 heavy (non-hydrogen) atoms. The van der Waals surface area contributed by atoms with Crippen LogP contribution < -0.4 is 0 Å². The molecule has 1 amide bonds. The van der Waals surface area contributed by atoms with E-state index in [1.54, 1.807) is 6.26 Å². The monoisotopic (exact) mass is 281 g/mol. The molecular formula is C17H15NO3. The molecule has 4 heteroatoms. The number of fused-ring (bicyclic) bond motifs is 1. The van der Waals surface area contributed by atoms with Gasteiger partial charge in [-0.1, -0.05) is 18.2 Å². The fourth-order valence-corrected chi connectivity index (χ4v) is 2.55. The molecule has 0 atom stereocenters. The quantitative estimate of drug-likeness (QED) is 0.730. The van der Waals surface area contributed by atoms with E-state index < -0.39 is 0 Å². The Balaban J connectivity index is 1.64. The number of para-hydroxylation sites is 1. The van der Waals surface area contributed by atoms with Gasteiger partial charge in [-0.25, -0.2) is 0 Å². The predicted molar refractivity (Wildman–Crippen MR) is 77.8 cm³/mol.